The molecule has 0 aliphatic rings. The van der Waals surface area contributed by atoms with Crippen molar-refractivity contribution in [1.82, 2.24) is 0 Å². The standard InChI is InChI=1S/C9H11FO2S/c10-4-6-12-5-3-8-1-2-9(7-11)13-8/h1-2,7H,3-6H2. The maximum atomic E-state index is 11.6. The second-order valence-corrected chi connectivity index (χ2v) is 3.67. The Morgan fingerprint density at radius 3 is 2.92 bits per heavy atom. The van der Waals surface area contributed by atoms with Crippen molar-refractivity contribution >= 4 is 17.6 Å². The molecule has 13 heavy (non-hydrogen) atoms. The summed E-state index contributed by atoms with van der Waals surface area (Å²) in [5.74, 6) is 0. The van der Waals surface area contributed by atoms with Crippen molar-refractivity contribution in [2.45, 2.75) is 6.42 Å². The number of rotatable bonds is 6. The van der Waals surface area contributed by atoms with Gasteiger partial charge in [0.25, 0.3) is 0 Å². The smallest absolute Gasteiger partial charge is 0.160 e. The first-order chi connectivity index (χ1) is 6.36. The van der Waals surface area contributed by atoms with Gasteiger partial charge in [-0.1, -0.05) is 0 Å². The van der Waals surface area contributed by atoms with Crippen molar-refractivity contribution in [3.05, 3.63) is 21.9 Å². The van der Waals surface area contributed by atoms with E-state index in [1.807, 2.05) is 6.07 Å². The molecule has 0 aromatic carbocycles. The van der Waals surface area contributed by atoms with Gasteiger partial charge in [-0.25, -0.2) is 4.39 Å². The third-order valence-corrected chi connectivity index (χ3v) is 2.58. The first-order valence-electron chi connectivity index (χ1n) is 4.04. The molecule has 1 aromatic heterocycles. The summed E-state index contributed by atoms with van der Waals surface area (Å²) in [6.45, 7) is 0.235. The Kier molecular flexibility index (Phi) is 4.64. The molecule has 72 valence electrons. The van der Waals surface area contributed by atoms with E-state index in [1.165, 1.54) is 11.3 Å². The van der Waals surface area contributed by atoms with Gasteiger partial charge in [0.2, 0.25) is 0 Å². The van der Waals surface area contributed by atoms with Crippen molar-refractivity contribution in [3.8, 4) is 0 Å². The summed E-state index contributed by atoms with van der Waals surface area (Å²) in [5.41, 5.74) is 0. The van der Waals surface area contributed by atoms with Crippen LogP contribution in [-0.2, 0) is 11.2 Å². The molecule has 1 aromatic rings. The third-order valence-electron chi connectivity index (χ3n) is 1.51. The zero-order chi connectivity index (χ0) is 9.52. The van der Waals surface area contributed by atoms with Crippen LogP contribution in [-0.4, -0.2) is 26.2 Å². The highest BCUT2D eigenvalue weighted by molar-refractivity contribution is 7.13. The summed E-state index contributed by atoms with van der Waals surface area (Å²) in [7, 11) is 0. The molecule has 0 amide bonds. The first kappa shape index (κ1) is 10.3. The highest BCUT2D eigenvalue weighted by Crippen LogP contribution is 2.14. The second kappa shape index (κ2) is 5.83. The quantitative estimate of drug-likeness (QED) is 0.521. The van der Waals surface area contributed by atoms with Gasteiger partial charge in [0.1, 0.15) is 6.67 Å². The molecule has 0 atom stereocenters. The maximum Gasteiger partial charge on any atom is 0.160 e. The highest BCUT2D eigenvalue weighted by Gasteiger charge is 1.98. The van der Waals surface area contributed by atoms with Gasteiger partial charge < -0.3 is 4.74 Å². The number of ether oxygens (including phenoxy) is 1. The van der Waals surface area contributed by atoms with Gasteiger partial charge in [0.15, 0.2) is 6.29 Å². The van der Waals surface area contributed by atoms with Gasteiger partial charge in [-0.3, -0.25) is 4.79 Å². The molecule has 1 heterocycles. The van der Waals surface area contributed by atoms with E-state index in [2.05, 4.69) is 0 Å². The van der Waals surface area contributed by atoms with E-state index >= 15 is 0 Å². The van der Waals surface area contributed by atoms with Crippen LogP contribution in [0, 0.1) is 0 Å². The lowest BCUT2D eigenvalue weighted by Crippen LogP contribution is -2.00. The molecule has 0 saturated carbocycles. The van der Waals surface area contributed by atoms with Crippen LogP contribution in [0.3, 0.4) is 0 Å². The number of hydrogen-bond acceptors (Lipinski definition) is 3. The van der Waals surface area contributed by atoms with E-state index in [-0.39, 0.29) is 6.61 Å². The van der Waals surface area contributed by atoms with E-state index in [4.69, 9.17) is 4.74 Å². The lowest BCUT2D eigenvalue weighted by atomic mass is 10.3. The van der Waals surface area contributed by atoms with Gasteiger partial charge in [0, 0.05) is 11.3 Å². The fourth-order valence-electron chi connectivity index (χ4n) is 0.922. The van der Waals surface area contributed by atoms with Gasteiger partial charge in [0.05, 0.1) is 18.1 Å². The van der Waals surface area contributed by atoms with Gasteiger partial charge >= 0.3 is 0 Å². The fraction of sp³-hybridized carbons (Fsp3) is 0.444. The van der Waals surface area contributed by atoms with Crippen LogP contribution in [0.4, 0.5) is 4.39 Å². The summed E-state index contributed by atoms with van der Waals surface area (Å²) in [5, 5.41) is 0. The monoisotopic (exact) mass is 202 g/mol. The Balaban J connectivity index is 2.24. The number of hydrogen-bond donors (Lipinski definition) is 0. The topological polar surface area (TPSA) is 26.3 Å². The predicted octanol–water partition coefficient (Wildman–Crippen LogP) is 2.09. The van der Waals surface area contributed by atoms with Crippen LogP contribution in [0.25, 0.3) is 0 Å². The van der Waals surface area contributed by atoms with Crippen molar-refractivity contribution in [2.24, 2.45) is 0 Å². The molecule has 0 aliphatic carbocycles. The zero-order valence-electron chi connectivity index (χ0n) is 7.16. The molecule has 0 N–H and O–H groups in total. The minimum Gasteiger partial charge on any atom is -0.378 e. The summed E-state index contributed by atoms with van der Waals surface area (Å²) in [4.78, 5) is 12.1. The SMILES string of the molecule is O=Cc1ccc(CCOCCF)s1. The third kappa shape index (κ3) is 3.65. The van der Waals surface area contributed by atoms with E-state index < -0.39 is 6.67 Å². The predicted molar refractivity (Wildman–Crippen MR) is 50.2 cm³/mol. The molecule has 0 unspecified atom stereocenters. The van der Waals surface area contributed by atoms with Crippen LogP contribution < -0.4 is 0 Å². The van der Waals surface area contributed by atoms with E-state index in [0.29, 0.717) is 6.61 Å². The van der Waals surface area contributed by atoms with E-state index in [9.17, 15) is 9.18 Å². The largest absolute Gasteiger partial charge is 0.378 e. The molecular formula is C9H11FO2S. The minimum absolute atomic E-state index is 0.159. The molecule has 4 heteroatoms. The van der Waals surface area contributed by atoms with Crippen LogP contribution in [0.2, 0.25) is 0 Å². The summed E-state index contributed by atoms with van der Waals surface area (Å²) in [6, 6.07) is 3.68. The highest BCUT2D eigenvalue weighted by atomic mass is 32.1. The average Bonchev–Trinajstić information content (AvgIpc) is 2.60. The molecule has 0 bridgehead atoms. The van der Waals surface area contributed by atoms with Gasteiger partial charge in [-0.2, -0.15) is 0 Å². The Morgan fingerprint density at radius 2 is 2.31 bits per heavy atom. The Bertz CT molecular complexity index is 260. The number of thiophene rings is 1. The number of halogens is 1. The lowest BCUT2D eigenvalue weighted by molar-refractivity contribution is 0.112. The number of aldehydes is 1. The van der Waals surface area contributed by atoms with Crippen molar-refractivity contribution in [1.29, 1.82) is 0 Å². The molecule has 0 saturated heterocycles. The lowest BCUT2D eigenvalue weighted by Gasteiger charge is -1.98. The first-order valence-corrected chi connectivity index (χ1v) is 4.86. The van der Waals surface area contributed by atoms with E-state index in [0.717, 1.165) is 22.5 Å². The van der Waals surface area contributed by atoms with Crippen molar-refractivity contribution < 1.29 is 13.9 Å². The van der Waals surface area contributed by atoms with E-state index in [1.54, 1.807) is 6.07 Å². The minimum atomic E-state index is -0.440. The maximum absolute atomic E-state index is 11.6. The Morgan fingerprint density at radius 1 is 1.46 bits per heavy atom. The molecule has 0 radical (unpaired) electrons. The second-order valence-electron chi connectivity index (χ2n) is 2.47. The Labute approximate surface area is 80.3 Å². The average molecular weight is 202 g/mol. The van der Waals surface area contributed by atoms with Gasteiger partial charge in [-0.15, -0.1) is 11.3 Å². The van der Waals surface area contributed by atoms with Crippen LogP contribution in [0.5, 0.6) is 0 Å². The summed E-state index contributed by atoms with van der Waals surface area (Å²) in [6.07, 6.45) is 1.58. The molecular weight excluding hydrogens is 191 g/mol. The fourth-order valence-corrected chi connectivity index (χ4v) is 1.73. The molecule has 0 spiro atoms. The summed E-state index contributed by atoms with van der Waals surface area (Å²) >= 11 is 1.45. The molecule has 1 rings (SSSR count). The number of carbonyl (C=O) groups excluding carboxylic acids is 1. The van der Waals surface area contributed by atoms with Crippen LogP contribution in [0.15, 0.2) is 12.1 Å². The Hall–Kier alpha value is -0.740. The number of alkyl halides is 1. The van der Waals surface area contributed by atoms with Crippen LogP contribution in [0.1, 0.15) is 14.5 Å². The van der Waals surface area contributed by atoms with Crippen molar-refractivity contribution in [3.63, 3.8) is 0 Å². The van der Waals surface area contributed by atoms with Gasteiger partial charge in [-0.05, 0) is 12.1 Å². The molecule has 0 aliphatic heterocycles. The zero-order valence-corrected chi connectivity index (χ0v) is 7.98. The number of carbonyl (C=O) groups is 1. The van der Waals surface area contributed by atoms with Crippen LogP contribution >= 0.6 is 11.3 Å². The molecule has 0 fully saturated rings. The molecule has 2 nitrogen and oxygen atoms in total. The van der Waals surface area contributed by atoms with Crippen molar-refractivity contribution in [2.75, 3.05) is 19.9 Å². The summed E-state index contributed by atoms with van der Waals surface area (Å²) < 4.78 is 16.6. The normalized spacial score (nSPS) is 10.2.